The highest BCUT2D eigenvalue weighted by molar-refractivity contribution is 6.52. The summed E-state index contributed by atoms with van der Waals surface area (Å²) in [5.41, 5.74) is -1.18. The highest BCUT2D eigenvalue weighted by Crippen LogP contribution is 2.62. The van der Waals surface area contributed by atoms with Gasteiger partial charge < -0.3 is 5.11 Å². The summed E-state index contributed by atoms with van der Waals surface area (Å²) in [7, 11) is 0. The molecule has 0 amide bonds. The lowest BCUT2D eigenvalue weighted by Crippen LogP contribution is -2.37. The van der Waals surface area contributed by atoms with E-state index in [1.807, 2.05) is 0 Å². The Balaban J connectivity index is 3.07. The minimum Gasteiger partial charge on any atom is -0.481 e. The zero-order chi connectivity index (χ0) is 17.5. The maximum Gasteiger partial charge on any atom is 0.458 e. The number of alkyl halides is 7. The summed E-state index contributed by atoms with van der Waals surface area (Å²) >= 11 is 11.5. The lowest BCUT2D eigenvalue weighted by molar-refractivity contribution is -0.262. The van der Waals surface area contributed by atoms with Gasteiger partial charge in [-0.05, 0) is 6.92 Å². The van der Waals surface area contributed by atoms with E-state index in [1.54, 1.807) is 0 Å². The van der Waals surface area contributed by atoms with Crippen molar-refractivity contribution >= 4 is 29.2 Å². The molecule has 2 unspecified atom stereocenters. The monoisotopic (exact) mass is 364 g/mol. The highest BCUT2D eigenvalue weighted by atomic mass is 35.5. The normalized spacial score (nSPS) is 25.8. The molecule has 2 atom stereocenters. The topological polar surface area (TPSA) is 37.3 Å². The van der Waals surface area contributed by atoms with Crippen molar-refractivity contribution in [1.82, 2.24) is 0 Å². The van der Waals surface area contributed by atoms with Crippen LogP contribution in [0.25, 0.3) is 0 Å². The van der Waals surface area contributed by atoms with E-state index in [4.69, 9.17) is 28.3 Å². The van der Waals surface area contributed by atoms with Gasteiger partial charge in [0.1, 0.15) is 4.33 Å². The molecule has 9 heteroatoms. The molecule has 2 nitrogen and oxygen atoms in total. The van der Waals surface area contributed by atoms with Crippen molar-refractivity contribution in [2.45, 2.75) is 23.4 Å². The summed E-state index contributed by atoms with van der Waals surface area (Å²) in [6.07, 6.45) is -3.92. The van der Waals surface area contributed by atoms with E-state index in [1.165, 1.54) is 6.92 Å². The lowest BCUT2D eigenvalue weighted by atomic mass is 10.1. The van der Waals surface area contributed by atoms with E-state index in [0.717, 1.165) is 6.08 Å². The van der Waals surface area contributed by atoms with Gasteiger partial charge in [0.05, 0.1) is 5.92 Å². The van der Waals surface area contributed by atoms with Crippen LogP contribution in [0.5, 0.6) is 0 Å². The molecular weight excluding hydrogens is 354 g/mol. The summed E-state index contributed by atoms with van der Waals surface area (Å²) in [6, 6.07) is 0. The average Bonchev–Trinajstić information content (AvgIpc) is 2.91. The second kappa shape index (κ2) is 5.85. The molecule has 1 aliphatic carbocycles. The lowest BCUT2D eigenvalue weighted by Gasteiger charge is -2.20. The van der Waals surface area contributed by atoms with Crippen molar-refractivity contribution in [1.29, 1.82) is 0 Å². The third-order valence-corrected chi connectivity index (χ3v) is 4.21. The first-order valence-electron chi connectivity index (χ1n) is 5.85. The van der Waals surface area contributed by atoms with Crippen LogP contribution in [0.4, 0.5) is 22.0 Å². The van der Waals surface area contributed by atoms with Crippen LogP contribution < -0.4 is 0 Å². The number of aliphatic carboxylic acids is 1. The quantitative estimate of drug-likeness (QED) is 0.434. The minimum absolute atomic E-state index is 0.176. The van der Waals surface area contributed by atoms with Crippen molar-refractivity contribution in [3.8, 4) is 0 Å². The number of carbonyl (C=O) groups is 1. The zero-order valence-corrected chi connectivity index (χ0v) is 12.6. The van der Waals surface area contributed by atoms with Gasteiger partial charge in [-0.15, -0.1) is 0 Å². The van der Waals surface area contributed by atoms with E-state index in [0.29, 0.717) is 12.2 Å². The van der Waals surface area contributed by atoms with E-state index in [9.17, 15) is 26.7 Å². The molecule has 0 aromatic carbocycles. The predicted molar refractivity (Wildman–Crippen MR) is 72.1 cm³/mol. The molecule has 0 bridgehead atoms. The fourth-order valence-electron chi connectivity index (χ4n) is 1.99. The molecule has 1 saturated carbocycles. The van der Waals surface area contributed by atoms with Crippen LogP contribution in [0, 0.1) is 11.8 Å². The first kappa shape index (κ1) is 19.0. The number of hydrogen-bond donors (Lipinski definition) is 1. The van der Waals surface area contributed by atoms with Gasteiger partial charge in [-0.25, -0.2) is 0 Å². The molecule has 0 aromatic rings. The van der Waals surface area contributed by atoms with Gasteiger partial charge in [0.25, 0.3) is 0 Å². The maximum absolute atomic E-state index is 13.2. The Morgan fingerprint density at radius 1 is 1.18 bits per heavy atom. The van der Waals surface area contributed by atoms with Crippen LogP contribution in [-0.4, -0.2) is 27.5 Å². The first-order valence-corrected chi connectivity index (χ1v) is 6.60. The van der Waals surface area contributed by atoms with Gasteiger partial charge in [-0.3, -0.25) is 4.79 Å². The van der Waals surface area contributed by atoms with Crippen molar-refractivity contribution in [3.05, 3.63) is 36.0 Å². The summed E-state index contributed by atoms with van der Waals surface area (Å²) in [5, 5.41) is 8.87. The van der Waals surface area contributed by atoms with Gasteiger partial charge in [0.15, 0.2) is 0 Å². The van der Waals surface area contributed by atoms with E-state index in [-0.39, 0.29) is 5.57 Å². The molecule has 1 rings (SSSR count). The molecule has 1 aliphatic rings. The molecule has 1 fully saturated rings. The Bertz CT molecular complexity index is 549. The summed E-state index contributed by atoms with van der Waals surface area (Å²) < 4.78 is 61.6. The van der Waals surface area contributed by atoms with Gasteiger partial charge in [0.2, 0.25) is 0 Å². The number of rotatable bonds is 5. The standard InChI is InChI=1S/C13H11Cl2F5O2/c1-3-7(12(16,17)13(18,19)20)5-4-6(2)8-9(10(21)22)11(8,14)15/h3-5,8-9H,1H2,2H3,(H,21,22)/b6-4+,7-5+. The van der Waals surface area contributed by atoms with Crippen molar-refractivity contribution < 1.29 is 31.9 Å². The fourth-order valence-corrected chi connectivity index (χ4v) is 2.90. The van der Waals surface area contributed by atoms with Gasteiger partial charge in [-0.1, -0.05) is 53.6 Å². The Kier molecular flexibility index (Phi) is 5.04. The summed E-state index contributed by atoms with van der Waals surface area (Å²) in [6.45, 7) is 4.27. The van der Waals surface area contributed by atoms with Crippen LogP contribution in [0.3, 0.4) is 0 Å². The molecule has 0 heterocycles. The number of hydrogen-bond acceptors (Lipinski definition) is 1. The number of allylic oxidation sites excluding steroid dienone is 5. The van der Waals surface area contributed by atoms with Gasteiger partial charge >= 0.3 is 18.1 Å². The Morgan fingerprint density at radius 3 is 2.00 bits per heavy atom. The molecule has 0 spiro atoms. The Labute approximate surface area is 132 Å². The van der Waals surface area contributed by atoms with E-state index >= 15 is 0 Å². The zero-order valence-electron chi connectivity index (χ0n) is 11.1. The molecule has 0 saturated heterocycles. The van der Waals surface area contributed by atoms with Crippen molar-refractivity contribution in [2.75, 3.05) is 0 Å². The molecule has 0 aromatic heterocycles. The van der Waals surface area contributed by atoms with Gasteiger partial charge in [0, 0.05) is 11.5 Å². The molecule has 0 aliphatic heterocycles. The fraction of sp³-hybridized carbons (Fsp3) is 0.462. The minimum atomic E-state index is -5.76. The number of carboxylic acids is 1. The second-order valence-corrected chi connectivity index (χ2v) is 6.22. The van der Waals surface area contributed by atoms with E-state index in [2.05, 4.69) is 6.58 Å². The highest BCUT2D eigenvalue weighted by Gasteiger charge is 2.68. The van der Waals surface area contributed by atoms with Gasteiger partial charge in [-0.2, -0.15) is 22.0 Å². The average molecular weight is 365 g/mol. The number of halogens is 7. The Morgan fingerprint density at radius 2 is 1.68 bits per heavy atom. The summed E-state index contributed by atoms with van der Waals surface area (Å²) in [4.78, 5) is 10.9. The molecule has 1 N–H and O–H groups in total. The molecule has 22 heavy (non-hydrogen) atoms. The van der Waals surface area contributed by atoms with Crippen LogP contribution in [0.15, 0.2) is 36.0 Å². The van der Waals surface area contributed by atoms with E-state index < -0.39 is 39.8 Å². The molecule has 124 valence electrons. The van der Waals surface area contributed by atoms with Crippen molar-refractivity contribution in [3.63, 3.8) is 0 Å². The number of carboxylic acid groups (broad SMARTS) is 1. The predicted octanol–water partition coefficient (Wildman–Crippen LogP) is 4.75. The smallest absolute Gasteiger partial charge is 0.458 e. The Hall–Kier alpha value is -1.08. The SMILES string of the molecule is C=C/C(=C\C=C(/C)C1C(C(=O)O)C1(Cl)Cl)C(F)(F)C(F)(F)F. The largest absolute Gasteiger partial charge is 0.481 e. The first-order chi connectivity index (χ1) is 9.78. The summed E-state index contributed by atoms with van der Waals surface area (Å²) in [5.74, 6) is -8.36. The van der Waals surface area contributed by atoms with Crippen LogP contribution in [0.2, 0.25) is 0 Å². The van der Waals surface area contributed by atoms with Crippen molar-refractivity contribution in [2.24, 2.45) is 11.8 Å². The third-order valence-electron chi connectivity index (χ3n) is 3.27. The second-order valence-electron chi connectivity index (χ2n) is 4.78. The third kappa shape index (κ3) is 3.30. The molecule has 0 radical (unpaired) electrons. The van der Waals surface area contributed by atoms with Crippen LogP contribution in [-0.2, 0) is 4.79 Å². The maximum atomic E-state index is 13.2. The van der Waals surface area contributed by atoms with Crippen LogP contribution in [0.1, 0.15) is 6.92 Å². The van der Waals surface area contributed by atoms with Crippen LogP contribution >= 0.6 is 23.2 Å². The molecular formula is C13H11Cl2F5O2.